The van der Waals surface area contributed by atoms with Gasteiger partial charge in [0, 0.05) is 23.2 Å². The molecule has 6 nitrogen and oxygen atoms in total. The molecule has 2 aromatic carbocycles. The molecule has 0 unspecified atom stereocenters. The van der Waals surface area contributed by atoms with Crippen molar-refractivity contribution in [2.45, 2.75) is 59.0 Å². The van der Waals surface area contributed by atoms with E-state index in [1.807, 2.05) is 76.2 Å². The highest BCUT2D eigenvalue weighted by Gasteiger charge is 2.02. The van der Waals surface area contributed by atoms with Crippen LogP contribution in [0.3, 0.4) is 0 Å². The Balaban J connectivity index is 0.00000512. The van der Waals surface area contributed by atoms with Crippen LogP contribution in [0.5, 0.6) is 11.5 Å². The van der Waals surface area contributed by atoms with Gasteiger partial charge in [-0.3, -0.25) is 9.98 Å². The lowest BCUT2D eigenvalue weighted by molar-refractivity contribution is 0.279. The maximum absolute atomic E-state index is 5.98. The Hall–Kier alpha value is -2.44. The molecular formula is C25H38Cl2N4O2. The number of aliphatic imine (C=N–C) groups is 2. The fourth-order valence-electron chi connectivity index (χ4n) is 2.91. The summed E-state index contributed by atoms with van der Waals surface area (Å²) in [5.74, 6) is 2.81. The molecule has 0 amide bonds. The number of rotatable bonds is 12. The van der Waals surface area contributed by atoms with Crippen molar-refractivity contribution in [3.63, 3.8) is 0 Å². The maximum Gasteiger partial charge on any atom is 0.125 e. The van der Waals surface area contributed by atoms with E-state index in [2.05, 4.69) is 9.98 Å². The van der Waals surface area contributed by atoms with Gasteiger partial charge in [-0.1, -0.05) is 0 Å². The maximum atomic E-state index is 5.98. The molecule has 184 valence electrons. The van der Waals surface area contributed by atoms with E-state index in [9.17, 15) is 0 Å². The molecule has 0 atom stereocenters. The summed E-state index contributed by atoms with van der Waals surface area (Å²) in [5.41, 5.74) is 13.8. The molecule has 0 saturated heterocycles. The molecule has 4 N–H and O–H groups in total. The summed E-state index contributed by atoms with van der Waals surface area (Å²) in [6.07, 6.45) is 2.99. The van der Waals surface area contributed by atoms with Gasteiger partial charge >= 0.3 is 0 Å². The molecular weight excluding hydrogens is 459 g/mol. The summed E-state index contributed by atoms with van der Waals surface area (Å²) >= 11 is 0. The van der Waals surface area contributed by atoms with E-state index in [0.717, 1.165) is 41.9 Å². The monoisotopic (exact) mass is 496 g/mol. The van der Waals surface area contributed by atoms with Crippen LogP contribution in [0.1, 0.15) is 58.1 Å². The first-order valence-electron chi connectivity index (χ1n) is 11.0. The van der Waals surface area contributed by atoms with Crippen molar-refractivity contribution in [3.8, 4) is 11.5 Å². The van der Waals surface area contributed by atoms with Gasteiger partial charge in [-0.2, -0.15) is 0 Å². The lowest BCUT2D eigenvalue weighted by Gasteiger charge is -2.09. The number of ether oxygens (including phenoxy) is 2. The van der Waals surface area contributed by atoms with Gasteiger partial charge in [-0.05, 0) is 95.5 Å². The van der Waals surface area contributed by atoms with Crippen LogP contribution in [-0.2, 0) is 0 Å². The summed E-state index contributed by atoms with van der Waals surface area (Å²) < 4.78 is 11.6. The Morgan fingerprint density at radius 3 is 1.27 bits per heavy atom. The summed E-state index contributed by atoms with van der Waals surface area (Å²) in [7, 11) is 0. The topological polar surface area (TPSA) is 95.2 Å². The molecule has 0 aromatic heterocycles. The quantitative estimate of drug-likeness (QED) is 0.234. The van der Waals surface area contributed by atoms with Crippen LogP contribution < -0.4 is 20.9 Å². The van der Waals surface area contributed by atoms with Gasteiger partial charge in [-0.15, -0.1) is 24.8 Å². The second kappa shape index (κ2) is 16.2. The van der Waals surface area contributed by atoms with E-state index < -0.39 is 0 Å². The van der Waals surface area contributed by atoms with Crippen LogP contribution >= 0.6 is 24.8 Å². The molecule has 8 heteroatoms. The van der Waals surface area contributed by atoms with Crippen LogP contribution in [0.15, 0.2) is 58.5 Å². The highest BCUT2D eigenvalue weighted by molar-refractivity contribution is 5.98. The van der Waals surface area contributed by atoms with Crippen molar-refractivity contribution >= 4 is 36.5 Å². The number of nitrogens with zero attached hydrogens (tertiary/aromatic N) is 2. The molecule has 0 aliphatic heterocycles. The van der Waals surface area contributed by atoms with Crippen molar-refractivity contribution in [2.24, 2.45) is 21.5 Å². The van der Waals surface area contributed by atoms with E-state index in [1.165, 1.54) is 0 Å². The SMILES string of the molecule is CC(C)N=C(N)c1ccc(OCCCCCOc2ccc(C(N)=NC(C)C)cc2)cc1.Cl.Cl. The van der Waals surface area contributed by atoms with Gasteiger partial charge in [0.25, 0.3) is 0 Å². The number of halogens is 2. The number of hydrogen-bond acceptors (Lipinski definition) is 4. The van der Waals surface area contributed by atoms with Crippen LogP contribution in [0.25, 0.3) is 0 Å². The van der Waals surface area contributed by atoms with E-state index in [4.69, 9.17) is 20.9 Å². The molecule has 0 radical (unpaired) electrons. The number of nitrogens with two attached hydrogens (primary N) is 2. The van der Waals surface area contributed by atoms with Crippen molar-refractivity contribution < 1.29 is 9.47 Å². The summed E-state index contributed by atoms with van der Waals surface area (Å²) in [4.78, 5) is 8.71. The Bertz CT molecular complexity index is 780. The highest BCUT2D eigenvalue weighted by Crippen LogP contribution is 2.15. The molecule has 0 spiro atoms. The number of unbranched alkanes of at least 4 members (excludes halogenated alkanes) is 2. The van der Waals surface area contributed by atoms with Crippen molar-refractivity contribution in [1.29, 1.82) is 0 Å². The standard InChI is InChI=1S/C25H36N4O2.2ClH/c1-18(2)28-24(26)20-8-12-22(13-9-20)30-16-6-5-7-17-31-23-14-10-21(11-15-23)25(27)29-19(3)4;;/h8-15,18-19H,5-7,16-17H2,1-4H3,(H2,26,28)(H2,27,29);2*1H. The Labute approximate surface area is 210 Å². The smallest absolute Gasteiger partial charge is 0.125 e. The second-order valence-corrected chi connectivity index (χ2v) is 8.02. The molecule has 2 aromatic rings. The van der Waals surface area contributed by atoms with Gasteiger partial charge < -0.3 is 20.9 Å². The highest BCUT2D eigenvalue weighted by atomic mass is 35.5. The molecule has 0 heterocycles. The van der Waals surface area contributed by atoms with Gasteiger partial charge in [0.2, 0.25) is 0 Å². The molecule has 0 bridgehead atoms. The summed E-state index contributed by atoms with van der Waals surface area (Å²) in [6.45, 7) is 9.38. The zero-order valence-corrected chi connectivity index (χ0v) is 21.6. The second-order valence-electron chi connectivity index (χ2n) is 8.02. The third-order valence-electron chi connectivity index (χ3n) is 4.42. The van der Waals surface area contributed by atoms with Crippen molar-refractivity contribution in [3.05, 3.63) is 59.7 Å². The Kier molecular flexibility index (Phi) is 15.0. The minimum Gasteiger partial charge on any atom is -0.494 e. The molecule has 0 fully saturated rings. The minimum atomic E-state index is 0. The number of amidine groups is 2. The number of hydrogen-bond donors (Lipinski definition) is 2. The molecule has 0 saturated carbocycles. The lowest BCUT2D eigenvalue weighted by Crippen LogP contribution is -2.15. The first-order chi connectivity index (χ1) is 14.8. The fraction of sp³-hybridized carbons (Fsp3) is 0.440. The fourth-order valence-corrected chi connectivity index (χ4v) is 2.91. The Morgan fingerprint density at radius 2 is 0.970 bits per heavy atom. The van der Waals surface area contributed by atoms with E-state index in [-0.39, 0.29) is 36.9 Å². The van der Waals surface area contributed by atoms with E-state index in [1.54, 1.807) is 0 Å². The van der Waals surface area contributed by atoms with Crippen LogP contribution in [0.4, 0.5) is 0 Å². The number of benzene rings is 2. The van der Waals surface area contributed by atoms with Crippen molar-refractivity contribution in [1.82, 2.24) is 0 Å². The van der Waals surface area contributed by atoms with Crippen LogP contribution in [0.2, 0.25) is 0 Å². The minimum absolute atomic E-state index is 0. The largest absolute Gasteiger partial charge is 0.494 e. The van der Waals surface area contributed by atoms with Gasteiger partial charge in [0.1, 0.15) is 23.2 Å². The first-order valence-corrected chi connectivity index (χ1v) is 11.0. The zero-order valence-electron chi connectivity index (χ0n) is 20.0. The van der Waals surface area contributed by atoms with Gasteiger partial charge in [0.15, 0.2) is 0 Å². The molecule has 0 aliphatic carbocycles. The van der Waals surface area contributed by atoms with Crippen molar-refractivity contribution in [2.75, 3.05) is 13.2 Å². The van der Waals surface area contributed by atoms with Crippen LogP contribution in [0, 0.1) is 0 Å². The predicted octanol–water partition coefficient (Wildman–Crippen LogP) is 5.39. The Morgan fingerprint density at radius 1 is 0.636 bits per heavy atom. The third-order valence-corrected chi connectivity index (χ3v) is 4.42. The molecule has 33 heavy (non-hydrogen) atoms. The predicted molar refractivity (Wildman–Crippen MR) is 144 cm³/mol. The normalized spacial score (nSPS) is 11.7. The third kappa shape index (κ3) is 11.8. The average Bonchev–Trinajstić information content (AvgIpc) is 2.73. The summed E-state index contributed by atoms with van der Waals surface area (Å²) in [6, 6.07) is 15.9. The van der Waals surface area contributed by atoms with E-state index in [0.29, 0.717) is 24.9 Å². The zero-order chi connectivity index (χ0) is 22.6. The average molecular weight is 498 g/mol. The van der Waals surface area contributed by atoms with Crippen LogP contribution in [-0.4, -0.2) is 37.0 Å². The summed E-state index contributed by atoms with van der Waals surface area (Å²) in [5, 5.41) is 0. The lowest BCUT2D eigenvalue weighted by atomic mass is 10.2. The van der Waals surface area contributed by atoms with Gasteiger partial charge in [0.05, 0.1) is 13.2 Å². The first kappa shape index (κ1) is 30.6. The molecule has 2 rings (SSSR count). The molecule has 0 aliphatic rings. The van der Waals surface area contributed by atoms with Gasteiger partial charge in [-0.25, -0.2) is 0 Å². The van der Waals surface area contributed by atoms with E-state index >= 15 is 0 Å².